The molecule has 4 rings (SSSR count). The topological polar surface area (TPSA) is 36.9 Å². The minimum absolute atomic E-state index is 0.0767. The van der Waals surface area contributed by atoms with E-state index in [-0.39, 0.29) is 25.9 Å². The van der Waals surface area contributed by atoms with Gasteiger partial charge in [-0.15, -0.1) is 0 Å². The van der Waals surface area contributed by atoms with Crippen LogP contribution in [0.1, 0.15) is 133 Å². The molecule has 10 heteroatoms. The predicted octanol–water partition coefficient (Wildman–Crippen LogP) is 9.93. The molecule has 4 aliphatic rings. The van der Waals surface area contributed by atoms with Crippen LogP contribution in [0.25, 0.3) is 0 Å². The Labute approximate surface area is 248 Å². The lowest BCUT2D eigenvalue weighted by molar-refractivity contribution is -0.383. The number of hydrogen-bond acceptors (Lipinski definition) is 4. The van der Waals surface area contributed by atoms with E-state index in [0.29, 0.717) is 45.1 Å². The van der Waals surface area contributed by atoms with E-state index in [2.05, 4.69) is 13.8 Å². The molecule has 0 aromatic heterocycles. The van der Waals surface area contributed by atoms with Gasteiger partial charge in [0.2, 0.25) is 0 Å². The van der Waals surface area contributed by atoms with Crippen LogP contribution in [0.15, 0.2) is 0 Å². The third-order valence-electron chi connectivity index (χ3n) is 11.9. The van der Waals surface area contributed by atoms with Crippen LogP contribution in [-0.4, -0.2) is 54.3 Å². The van der Waals surface area contributed by atoms with Crippen molar-refractivity contribution in [3.63, 3.8) is 0 Å². The lowest BCUT2D eigenvalue weighted by atomic mass is 9.50. The maximum atomic E-state index is 14.7. The first-order chi connectivity index (χ1) is 19.0. The second-order valence-electron chi connectivity index (χ2n) is 14.9. The van der Waals surface area contributed by atoms with Gasteiger partial charge in [0.1, 0.15) is 0 Å². The summed E-state index contributed by atoms with van der Waals surface area (Å²) in [6.45, 7) is 15.9. The summed E-state index contributed by atoms with van der Waals surface area (Å²) in [4.78, 5) is 0. The average Bonchev–Trinajstić information content (AvgIpc) is 2.88. The largest absolute Gasteiger partial charge is 0.417 e. The molecule has 0 spiro atoms. The molecule has 1 aliphatic carbocycles. The zero-order chi connectivity index (χ0) is 32.1. The molecule has 0 aromatic rings. The molecule has 1 saturated carbocycles. The van der Waals surface area contributed by atoms with Crippen molar-refractivity contribution in [3.05, 3.63) is 0 Å². The first-order valence-electron chi connectivity index (χ1n) is 15.8. The van der Waals surface area contributed by atoms with Crippen LogP contribution in [0.5, 0.6) is 0 Å². The van der Waals surface area contributed by atoms with Crippen molar-refractivity contribution in [2.45, 2.75) is 174 Å². The van der Waals surface area contributed by atoms with Gasteiger partial charge in [0.15, 0.2) is 17.5 Å². The maximum absolute atomic E-state index is 14.7. The highest BCUT2D eigenvalue weighted by Crippen LogP contribution is 2.65. The van der Waals surface area contributed by atoms with Crippen molar-refractivity contribution in [2.75, 3.05) is 13.2 Å². The summed E-state index contributed by atoms with van der Waals surface area (Å²) in [5, 5.41) is 0. The molecule has 4 fully saturated rings. The molecule has 0 aromatic carbocycles. The third-order valence-corrected chi connectivity index (χ3v) is 11.9. The Kier molecular flexibility index (Phi) is 9.96. The number of fused-ring (bicyclic) bond motifs is 3. The van der Waals surface area contributed by atoms with Crippen LogP contribution in [0.4, 0.5) is 26.3 Å². The molecular formula is C32H54F6O4. The predicted molar refractivity (Wildman–Crippen MR) is 150 cm³/mol. The summed E-state index contributed by atoms with van der Waals surface area (Å²) in [5.74, 6) is 0. The zero-order valence-electron chi connectivity index (χ0n) is 27.2. The SMILES string of the molecule is CCCCOC(C)OC(C)(C(F)(F)F)C12CCC(C(C)(C)CC(C)(CC)C3(C)CCCC(C)(C(F)(F)F)O3)(CC1)OC2. The highest BCUT2D eigenvalue weighted by atomic mass is 19.4. The molecule has 0 radical (unpaired) electrons. The molecule has 0 amide bonds. The number of unbranched alkanes of at least 4 members (excludes halogenated alkanes) is 1. The van der Waals surface area contributed by atoms with Crippen molar-refractivity contribution < 1.29 is 45.3 Å². The molecule has 3 aliphatic heterocycles. The van der Waals surface area contributed by atoms with Crippen LogP contribution in [0.3, 0.4) is 0 Å². The summed E-state index contributed by atoms with van der Waals surface area (Å²) < 4.78 is 110. The Morgan fingerprint density at radius 1 is 0.833 bits per heavy atom. The van der Waals surface area contributed by atoms with E-state index in [1.54, 1.807) is 6.92 Å². The van der Waals surface area contributed by atoms with Gasteiger partial charge in [-0.25, -0.2) is 0 Å². The molecule has 5 unspecified atom stereocenters. The van der Waals surface area contributed by atoms with Crippen molar-refractivity contribution in [1.82, 2.24) is 0 Å². The highest BCUT2D eigenvalue weighted by Gasteiger charge is 2.71. The summed E-state index contributed by atoms with van der Waals surface area (Å²) in [6, 6.07) is 0. The van der Waals surface area contributed by atoms with Gasteiger partial charge in [-0.3, -0.25) is 0 Å². The normalized spacial score (nSPS) is 36.4. The Morgan fingerprint density at radius 2 is 1.40 bits per heavy atom. The molecule has 0 N–H and O–H groups in total. The van der Waals surface area contributed by atoms with E-state index in [4.69, 9.17) is 18.9 Å². The molecule has 248 valence electrons. The maximum Gasteiger partial charge on any atom is 0.417 e. The Balaban J connectivity index is 1.84. The molecular weight excluding hydrogens is 562 g/mol. The number of ether oxygens (including phenoxy) is 4. The van der Waals surface area contributed by atoms with Crippen LogP contribution < -0.4 is 0 Å². The third kappa shape index (κ3) is 6.01. The van der Waals surface area contributed by atoms with E-state index in [0.717, 1.165) is 26.7 Å². The molecule has 5 atom stereocenters. The number of alkyl halides is 6. The molecule has 3 heterocycles. The van der Waals surface area contributed by atoms with Crippen molar-refractivity contribution in [1.29, 1.82) is 0 Å². The smallest absolute Gasteiger partial charge is 0.374 e. The van der Waals surface area contributed by atoms with Gasteiger partial charge in [0.05, 0.1) is 17.8 Å². The van der Waals surface area contributed by atoms with E-state index < -0.39 is 57.3 Å². The summed E-state index contributed by atoms with van der Waals surface area (Å²) in [5.41, 5.74) is -8.80. The van der Waals surface area contributed by atoms with Crippen LogP contribution >= 0.6 is 0 Å². The van der Waals surface area contributed by atoms with Gasteiger partial charge in [-0.05, 0) is 103 Å². The van der Waals surface area contributed by atoms with Crippen molar-refractivity contribution in [2.24, 2.45) is 16.2 Å². The summed E-state index contributed by atoms with van der Waals surface area (Å²) in [6.07, 6.45) is -5.21. The van der Waals surface area contributed by atoms with Gasteiger partial charge >= 0.3 is 12.4 Å². The van der Waals surface area contributed by atoms with Crippen LogP contribution in [-0.2, 0) is 18.9 Å². The molecule has 42 heavy (non-hydrogen) atoms. The van der Waals surface area contributed by atoms with E-state index >= 15 is 0 Å². The van der Waals surface area contributed by atoms with Crippen LogP contribution in [0.2, 0.25) is 0 Å². The number of rotatable bonds is 12. The first-order valence-corrected chi connectivity index (χ1v) is 15.8. The molecule has 4 nitrogen and oxygen atoms in total. The Hall–Kier alpha value is -0.580. The summed E-state index contributed by atoms with van der Waals surface area (Å²) in [7, 11) is 0. The minimum Gasteiger partial charge on any atom is -0.374 e. The lowest BCUT2D eigenvalue weighted by Gasteiger charge is -2.65. The summed E-state index contributed by atoms with van der Waals surface area (Å²) >= 11 is 0. The zero-order valence-corrected chi connectivity index (χ0v) is 27.2. The van der Waals surface area contributed by atoms with E-state index in [1.165, 1.54) is 6.92 Å². The number of hydrogen-bond donors (Lipinski definition) is 0. The van der Waals surface area contributed by atoms with Crippen LogP contribution in [0, 0.1) is 16.2 Å². The first kappa shape index (κ1) is 35.9. The Morgan fingerprint density at radius 3 is 1.86 bits per heavy atom. The molecule has 3 saturated heterocycles. The van der Waals surface area contributed by atoms with Gasteiger partial charge in [-0.2, -0.15) is 26.3 Å². The van der Waals surface area contributed by atoms with E-state index in [1.807, 2.05) is 20.8 Å². The average molecular weight is 617 g/mol. The molecule has 2 bridgehead atoms. The fourth-order valence-corrected chi connectivity index (χ4v) is 8.25. The van der Waals surface area contributed by atoms with Gasteiger partial charge in [-0.1, -0.05) is 41.0 Å². The lowest BCUT2D eigenvalue weighted by Crippen LogP contribution is -2.69. The van der Waals surface area contributed by atoms with E-state index in [9.17, 15) is 26.3 Å². The van der Waals surface area contributed by atoms with Gasteiger partial charge in [0.25, 0.3) is 0 Å². The van der Waals surface area contributed by atoms with Crippen molar-refractivity contribution >= 4 is 0 Å². The Bertz CT molecular complexity index is 910. The second-order valence-corrected chi connectivity index (χ2v) is 14.9. The van der Waals surface area contributed by atoms with Gasteiger partial charge < -0.3 is 18.9 Å². The standard InChI is InChI=1S/C32H54F6O4/c1-10-12-20-39-23(3)41-28(9,32(36,37)38)29-16-18-30(19-17-29,40-22-29)24(4,5)21-25(6,11-2)26(7)14-13-15-27(8,42-26)31(33,34)35/h23H,10-22H2,1-9H3. The number of halogens is 6. The van der Waals surface area contributed by atoms with Gasteiger partial charge in [0, 0.05) is 12.0 Å². The quantitative estimate of drug-likeness (QED) is 0.124. The monoisotopic (exact) mass is 616 g/mol. The van der Waals surface area contributed by atoms with Crippen molar-refractivity contribution in [3.8, 4) is 0 Å². The minimum atomic E-state index is -4.63. The fraction of sp³-hybridized carbons (Fsp3) is 1.00. The fourth-order valence-electron chi connectivity index (χ4n) is 8.25. The highest BCUT2D eigenvalue weighted by molar-refractivity contribution is 5.15. The second kappa shape index (κ2) is 11.7.